The Kier molecular flexibility index (Phi) is 3.29. The zero-order valence-corrected chi connectivity index (χ0v) is 11.2. The number of aryl methyl sites for hydroxylation is 2. The summed E-state index contributed by atoms with van der Waals surface area (Å²) in [5.74, 6) is 0. The first-order chi connectivity index (χ1) is 8.74. The van der Waals surface area contributed by atoms with Crippen LogP contribution in [0.4, 0.5) is 5.69 Å². The predicted molar refractivity (Wildman–Crippen MR) is 75.1 cm³/mol. The first-order valence-corrected chi connectivity index (χ1v) is 7.28. The van der Waals surface area contributed by atoms with Crippen molar-refractivity contribution in [1.29, 1.82) is 0 Å². The summed E-state index contributed by atoms with van der Waals surface area (Å²) in [6.07, 6.45) is 6.69. The highest BCUT2D eigenvalue weighted by molar-refractivity contribution is 5.57. The fourth-order valence-corrected chi connectivity index (χ4v) is 3.50. The molecule has 1 saturated carbocycles. The Balaban J connectivity index is 1.82. The van der Waals surface area contributed by atoms with E-state index < -0.39 is 0 Å². The molecule has 2 aliphatic rings. The van der Waals surface area contributed by atoms with Crippen molar-refractivity contribution in [3.63, 3.8) is 0 Å². The van der Waals surface area contributed by atoms with Crippen LogP contribution in [-0.2, 0) is 6.42 Å². The maximum Gasteiger partial charge on any atom is 0.0541 e. The highest BCUT2D eigenvalue weighted by Gasteiger charge is 2.27. The van der Waals surface area contributed by atoms with Crippen molar-refractivity contribution in [2.24, 2.45) is 0 Å². The summed E-state index contributed by atoms with van der Waals surface area (Å²) in [5.41, 5.74) is 4.34. The predicted octanol–water partition coefficient (Wildman–Crippen LogP) is 3.05. The zero-order chi connectivity index (χ0) is 12.5. The molecule has 0 spiro atoms. The second kappa shape index (κ2) is 4.93. The molecule has 0 saturated heterocycles. The average Bonchev–Trinajstić information content (AvgIpc) is 2.38. The van der Waals surface area contributed by atoms with Gasteiger partial charge in [0, 0.05) is 18.3 Å². The van der Waals surface area contributed by atoms with Gasteiger partial charge < -0.3 is 10.0 Å². The van der Waals surface area contributed by atoms with E-state index in [9.17, 15) is 5.11 Å². The number of rotatable bonds is 1. The van der Waals surface area contributed by atoms with E-state index in [-0.39, 0.29) is 6.10 Å². The number of hydrogen-bond acceptors (Lipinski definition) is 2. The molecule has 1 aromatic rings. The van der Waals surface area contributed by atoms with E-state index in [2.05, 4.69) is 30.0 Å². The van der Waals surface area contributed by atoms with Gasteiger partial charge in [0.2, 0.25) is 0 Å². The number of aliphatic hydroxyl groups is 1. The summed E-state index contributed by atoms with van der Waals surface area (Å²) < 4.78 is 0. The van der Waals surface area contributed by atoms with Crippen molar-refractivity contribution in [1.82, 2.24) is 0 Å². The molecule has 98 valence electrons. The highest BCUT2D eigenvalue weighted by Crippen LogP contribution is 2.33. The summed E-state index contributed by atoms with van der Waals surface area (Å²) in [5, 5.41) is 9.64. The molecule has 0 unspecified atom stereocenters. The zero-order valence-electron chi connectivity index (χ0n) is 11.2. The van der Waals surface area contributed by atoms with Gasteiger partial charge in [-0.15, -0.1) is 0 Å². The van der Waals surface area contributed by atoms with Crippen LogP contribution in [0.2, 0.25) is 0 Å². The van der Waals surface area contributed by atoms with Crippen LogP contribution in [0.25, 0.3) is 0 Å². The van der Waals surface area contributed by atoms with E-state index >= 15 is 0 Å². The molecule has 0 aromatic heterocycles. The molecule has 1 N–H and O–H groups in total. The molecule has 1 heterocycles. The minimum Gasteiger partial charge on any atom is -0.393 e. The smallest absolute Gasteiger partial charge is 0.0541 e. The van der Waals surface area contributed by atoms with E-state index in [1.807, 2.05) is 0 Å². The molecule has 0 bridgehead atoms. The summed E-state index contributed by atoms with van der Waals surface area (Å²) in [7, 11) is 0. The molecule has 2 heteroatoms. The average molecular weight is 245 g/mol. The van der Waals surface area contributed by atoms with Crippen LogP contribution >= 0.6 is 0 Å². The molecule has 1 aromatic carbocycles. The maximum atomic E-state index is 9.64. The van der Waals surface area contributed by atoms with Gasteiger partial charge in [-0.1, -0.05) is 17.7 Å². The number of nitrogens with zero attached hydrogens (tertiary/aromatic N) is 1. The highest BCUT2D eigenvalue weighted by atomic mass is 16.3. The number of anilines is 1. The van der Waals surface area contributed by atoms with Gasteiger partial charge in [0.15, 0.2) is 0 Å². The van der Waals surface area contributed by atoms with Crippen molar-refractivity contribution >= 4 is 5.69 Å². The van der Waals surface area contributed by atoms with Crippen LogP contribution in [0.1, 0.15) is 43.2 Å². The quantitative estimate of drug-likeness (QED) is 0.822. The van der Waals surface area contributed by atoms with Crippen molar-refractivity contribution < 1.29 is 5.11 Å². The summed E-state index contributed by atoms with van der Waals surface area (Å²) in [6, 6.07) is 7.53. The molecule has 0 atom stereocenters. The Morgan fingerprint density at radius 1 is 1.17 bits per heavy atom. The topological polar surface area (TPSA) is 23.5 Å². The molecule has 1 aliphatic carbocycles. The molecule has 2 nitrogen and oxygen atoms in total. The van der Waals surface area contributed by atoms with Gasteiger partial charge in [-0.2, -0.15) is 0 Å². The minimum atomic E-state index is -0.0523. The fraction of sp³-hybridized carbons (Fsp3) is 0.625. The lowest BCUT2D eigenvalue weighted by Gasteiger charge is -2.40. The lowest BCUT2D eigenvalue weighted by molar-refractivity contribution is 0.121. The molecule has 18 heavy (non-hydrogen) atoms. The Labute approximate surface area is 110 Å². The SMILES string of the molecule is Cc1ccc2c(c1)CCCN2C1CCC(O)CC1. The van der Waals surface area contributed by atoms with Gasteiger partial charge in [-0.3, -0.25) is 0 Å². The second-order valence-electron chi connectivity index (χ2n) is 5.89. The normalized spacial score (nSPS) is 28.0. The summed E-state index contributed by atoms with van der Waals surface area (Å²) in [6.45, 7) is 3.37. The van der Waals surface area contributed by atoms with Crippen LogP contribution < -0.4 is 4.90 Å². The van der Waals surface area contributed by atoms with Crippen molar-refractivity contribution in [2.45, 2.75) is 57.6 Å². The number of hydrogen-bond donors (Lipinski definition) is 1. The van der Waals surface area contributed by atoms with Gasteiger partial charge in [-0.25, -0.2) is 0 Å². The minimum absolute atomic E-state index is 0.0523. The Hall–Kier alpha value is -1.02. The third-order valence-electron chi connectivity index (χ3n) is 4.50. The molecule has 1 aliphatic heterocycles. The fourth-order valence-electron chi connectivity index (χ4n) is 3.50. The first kappa shape index (κ1) is 12.0. The number of benzene rings is 1. The third kappa shape index (κ3) is 2.26. The van der Waals surface area contributed by atoms with Crippen LogP contribution in [0.5, 0.6) is 0 Å². The summed E-state index contributed by atoms with van der Waals surface area (Å²) in [4.78, 5) is 2.60. The van der Waals surface area contributed by atoms with Crippen LogP contribution in [0.15, 0.2) is 18.2 Å². The lowest BCUT2D eigenvalue weighted by atomic mass is 9.89. The standard InChI is InChI=1S/C16H23NO/c1-12-4-9-16-13(11-12)3-2-10-17(16)14-5-7-15(18)8-6-14/h4,9,11,14-15,18H,2-3,5-8,10H2,1H3. The molecule has 1 fully saturated rings. The number of fused-ring (bicyclic) bond motifs is 1. The van der Waals surface area contributed by atoms with Gasteiger partial charge >= 0.3 is 0 Å². The Bertz CT molecular complexity index is 421. The molecular formula is C16H23NO. The van der Waals surface area contributed by atoms with Crippen LogP contribution in [0, 0.1) is 6.92 Å². The van der Waals surface area contributed by atoms with Gasteiger partial charge in [0.05, 0.1) is 6.10 Å². The summed E-state index contributed by atoms with van der Waals surface area (Å²) >= 11 is 0. The second-order valence-corrected chi connectivity index (χ2v) is 5.89. The van der Waals surface area contributed by atoms with Crippen LogP contribution in [0.3, 0.4) is 0 Å². The number of aliphatic hydroxyl groups excluding tert-OH is 1. The van der Waals surface area contributed by atoms with E-state index in [4.69, 9.17) is 0 Å². The monoisotopic (exact) mass is 245 g/mol. The first-order valence-electron chi connectivity index (χ1n) is 7.28. The molecule has 0 radical (unpaired) electrons. The van der Waals surface area contributed by atoms with Gasteiger partial charge in [0.25, 0.3) is 0 Å². The molecular weight excluding hydrogens is 222 g/mol. The maximum absolute atomic E-state index is 9.64. The van der Waals surface area contributed by atoms with Gasteiger partial charge in [-0.05, 0) is 57.1 Å². The van der Waals surface area contributed by atoms with E-state index in [1.54, 1.807) is 0 Å². The Morgan fingerprint density at radius 3 is 2.72 bits per heavy atom. The van der Waals surface area contributed by atoms with Crippen LogP contribution in [-0.4, -0.2) is 23.8 Å². The largest absolute Gasteiger partial charge is 0.393 e. The third-order valence-corrected chi connectivity index (χ3v) is 4.50. The Morgan fingerprint density at radius 2 is 1.94 bits per heavy atom. The van der Waals surface area contributed by atoms with E-state index in [0.29, 0.717) is 6.04 Å². The van der Waals surface area contributed by atoms with Crippen molar-refractivity contribution in [3.8, 4) is 0 Å². The molecule has 0 amide bonds. The van der Waals surface area contributed by atoms with Gasteiger partial charge in [0.1, 0.15) is 0 Å². The van der Waals surface area contributed by atoms with Crippen molar-refractivity contribution in [2.75, 3.05) is 11.4 Å². The lowest BCUT2D eigenvalue weighted by Crippen LogP contribution is -2.42. The van der Waals surface area contributed by atoms with E-state index in [1.165, 1.54) is 36.2 Å². The molecule has 3 rings (SSSR count). The van der Waals surface area contributed by atoms with Crippen molar-refractivity contribution in [3.05, 3.63) is 29.3 Å². The van der Waals surface area contributed by atoms with E-state index in [0.717, 1.165) is 25.7 Å².